The van der Waals surface area contributed by atoms with Gasteiger partial charge in [-0.3, -0.25) is 9.88 Å². The highest BCUT2D eigenvalue weighted by Gasteiger charge is 2.18. The van der Waals surface area contributed by atoms with Crippen LogP contribution in [0.4, 0.5) is 0 Å². The van der Waals surface area contributed by atoms with Gasteiger partial charge in [0.15, 0.2) is 0 Å². The van der Waals surface area contributed by atoms with Crippen LogP contribution in [0, 0.1) is 0 Å². The minimum Gasteiger partial charge on any atom is -0.329 e. The van der Waals surface area contributed by atoms with Gasteiger partial charge in [-0.05, 0) is 36.9 Å². The van der Waals surface area contributed by atoms with Crippen molar-refractivity contribution < 1.29 is 0 Å². The van der Waals surface area contributed by atoms with Crippen LogP contribution in [0.25, 0.3) is 0 Å². The molecule has 2 rings (SSSR count). The SMILES string of the molecule is CN(CCc1ccccn1)C(CN)c1ccc(Cl)cc1Br. The fourth-order valence-corrected chi connectivity index (χ4v) is 3.26. The first-order valence-corrected chi connectivity index (χ1v) is 8.04. The zero-order chi connectivity index (χ0) is 15.2. The Balaban J connectivity index is 2.06. The van der Waals surface area contributed by atoms with Crippen LogP contribution in [0.2, 0.25) is 5.02 Å². The van der Waals surface area contributed by atoms with E-state index in [0.717, 1.165) is 33.7 Å². The molecule has 0 saturated heterocycles. The molecule has 112 valence electrons. The van der Waals surface area contributed by atoms with Crippen LogP contribution in [0.5, 0.6) is 0 Å². The van der Waals surface area contributed by atoms with Crippen LogP contribution in [0.3, 0.4) is 0 Å². The molecular formula is C16H19BrClN3. The van der Waals surface area contributed by atoms with E-state index in [0.29, 0.717) is 6.54 Å². The molecule has 0 spiro atoms. The minimum atomic E-state index is 0.153. The second kappa shape index (κ2) is 7.90. The molecule has 1 heterocycles. The molecule has 0 radical (unpaired) electrons. The number of nitrogens with zero attached hydrogens (tertiary/aromatic N) is 2. The Bertz CT molecular complexity index is 577. The Morgan fingerprint density at radius 3 is 2.76 bits per heavy atom. The number of benzene rings is 1. The summed E-state index contributed by atoms with van der Waals surface area (Å²) in [6, 6.07) is 12.0. The predicted molar refractivity (Wildman–Crippen MR) is 91.5 cm³/mol. The number of aromatic nitrogens is 1. The van der Waals surface area contributed by atoms with E-state index in [4.69, 9.17) is 17.3 Å². The number of rotatable bonds is 6. The van der Waals surface area contributed by atoms with Crippen LogP contribution in [0.1, 0.15) is 17.3 Å². The summed E-state index contributed by atoms with van der Waals surface area (Å²) in [4.78, 5) is 6.61. The number of hydrogen-bond acceptors (Lipinski definition) is 3. The van der Waals surface area contributed by atoms with Crippen molar-refractivity contribution in [2.75, 3.05) is 20.1 Å². The Hall–Kier alpha value is -0.940. The van der Waals surface area contributed by atoms with Gasteiger partial charge < -0.3 is 5.73 Å². The fourth-order valence-electron chi connectivity index (χ4n) is 2.31. The summed E-state index contributed by atoms with van der Waals surface area (Å²) in [6.07, 6.45) is 2.73. The molecule has 2 N–H and O–H groups in total. The Kier molecular flexibility index (Phi) is 6.18. The van der Waals surface area contributed by atoms with Crippen LogP contribution < -0.4 is 5.73 Å². The molecule has 21 heavy (non-hydrogen) atoms. The number of hydrogen-bond donors (Lipinski definition) is 1. The molecule has 1 unspecified atom stereocenters. The lowest BCUT2D eigenvalue weighted by Gasteiger charge is -2.28. The molecule has 1 aromatic carbocycles. The summed E-state index contributed by atoms with van der Waals surface area (Å²) in [5.74, 6) is 0. The quantitative estimate of drug-likeness (QED) is 0.846. The lowest BCUT2D eigenvalue weighted by molar-refractivity contribution is 0.252. The third-order valence-electron chi connectivity index (χ3n) is 3.52. The highest BCUT2D eigenvalue weighted by Crippen LogP contribution is 2.29. The van der Waals surface area contributed by atoms with Crippen molar-refractivity contribution in [1.82, 2.24) is 9.88 Å². The molecular weight excluding hydrogens is 350 g/mol. The molecule has 1 atom stereocenters. The summed E-state index contributed by atoms with van der Waals surface area (Å²) < 4.78 is 0.995. The van der Waals surface area contributed by atoms with E-state index >= 15 is 0 Å². The molecule has 0 amide bonds. The van der Waals surface area contributed by atoms with Crippen molar-refractivity contribution in [3.63, 3.8) is 0 Å². The third kappa shape index (κ3) is 4.51. The average molecular weight is 369 g/mol. The van der Waals surface area contributed by atoms with Gasteiger partial charge in [0.2, 0.25) is 0 Å². The van der Waals surface area contributed by atoms with Gasteiger partial charge in [0.25, 0.3) is 0 Å². The molecule has 0 saturated carbocycles. The molecule has 2 aromatic rings. The highest BCUT2D eigenvalue weighted by atomic mass is 79.9. The van der Waals surface area contributed by atoms with E-state index in [1.165, 1.54) is 0 Å². The van der Waals surface area contributed by atoms with Crippen LogP contribution in [0.15, 0.2) is 47.1 Å². The maximum Gasteiger partial charge on any atom is 0.0478 e. The number of likely N-dealkylation sites (N-methyl/N-ethyl adjacent to an activating group) is 1. The van der Waals surface area contributed by atoms with Crippen molar-refractivity contribution in [3.05, 3.63) is 63.3 Å². The topological polar surface area (TPSA) is 42.2 Å². The molecule has 5 heteroatoms. The molecule has 1 aromatic heterocycles. The van der Waals surface area contributed by atoms with Crippen molar-refractivity contribution in [2.24, 2.45) is 5.73 Å². The Morgan fingerprint density at radius 1 is 1.33 bits per heavy atom. The van der Waals surface area contributed by atoms with Crippen molar-refractivity contribution in [1.29, 1.82) is 0 Å². The average Bonchev–Trinajstić information content (AvgIpc) is 2.49. The van der Waals surface area contributed by atoms with Crippen LogP contribution in [-0.4, -0.2) is 30.0 Å². The first-order valence-electron chi connectivity index (χ1n) is 6.87. The zero-order valence-electron chi connectivity index (χ0n) is 12.0. The smallest absolute Gasteiger partial charge is 0.0478 e. The molecule has 0 bridgehead atoms. The first-order chi connectivity index (χ1) is 10.1. The predicted octanol–water partition coefficient (Wildman–Crippen LogP) is 3.67. The van der Waals surface area contributed by atoms with E-state index in [1.807, 2.05) is 42.6 Å². The number of pyridine rings is 1. The third-order valence-corrected chi connectivity index (χ3v) is 4.45. The normalized spacial score (nSPS) is 12.6. The van der Waals surface area contributed by atoms with Crippen molar-refractivity contribution in [2.45, 2.75) is 12.5 Å². The fraction of sp³-hybridized carbons (Fsp3) is 0.312. The Labute approximate surface area is 139 Å². The molecule has 0 aliphatic rings. The van der Waals surface area contributed by atoms with E-state index in [2.05, 4.69) is 32.9 Å². The van der Waals surface area contributed by atoms with E-state index < -0.39 is 0 Å². The summed E-state index contributed by atoms with van der Waals surface area (Å²) >= 11 is 9.58. The van der Waals surface area contributed by atoms with E-state index in [-0.39, 0.29) is 6.04 Å². The highest BCUT2D eigenvalue weighted by molar-refractivity contribution is 9.10. The largest absolute Gasteiger partial charge is 0.329 e. The standard InChI is InChI=1S/C16H19BrClN3/c1-21(9-7-13-4-2-3-8-20-13)16(11-19)14-6-5-12(18)10-15(14)17/h2-6,8,10,16H,7,9,11,19H2,1H3. The van der Waals surface area contributed by atoms with Gasteiger partial charge in [-0.1, -0.05) is 39.7 Å². The molecule has 3 nitrogen and oxygen atoms in total. The van der Waals surface area contributed by atoms with Crippen LogP contribution in [-0.2, 0) is 6.42 Å². The second-order valence-electron chi connectivity index (χ2n) is 4.97. The Morgan fingerprint density at radius 2 is 2.14 bits per heavy atom. The summed E-state index contributed by atoms with van der Waals surface area (Å²) in [5, 5.41) is 0.720. The summed E-state index contributed by atoms with van der Waals surface area (Å²) in [5.41, 5.74) is 8.22. The minimum absolute atomic E-state index is 0.153. The summed E-state index contributed by atoms with van der Waals surface area (Å²) in [6.45, 7) is 1.45. The van der Waals surface area contributed by atoms with Gasteiger partial charge in [0.1, 0.15) is 0 Å². The number of halogens is 2. The maximum atomic E-state index is 6.00. The van der Waals surface area contributed by atoms with Gasteiger partial charge in [0, 0.05) is 46.9 Å². The van der Waals surface area contributed by atoms with Gasteiger partial charge >= 0.3 is 0 Å². The molecule has 0 aliphatic heterocycles. The van der Waals surface area contributed by atoms with Gasteiger partial charge in [-0.25, -0.2) is 0 Å². The van der Waals surface area contributed by atoms with E-state index in [9.17, 15) is 0 Å². The summed E-state index contributed by atoms with van der Waals surface area (Å²) in [7, 11) is 2.08. The maximum absolute atomic E-state index is 6.00. The van der Waals surface area contributed by atoms with E-state index in [1.54, 1.807) is 0 Å². The van der Waals surface area contributed by atoms with Crippen LogP contribution >= 0.6 is 27.5 Å². The first kappa shape index (κ1) is 16.4. The van der Waals surface area contributed by atoms with Crippen molar-refractivity contribution >= 4 is 27.5 Å². The van der Waals surface area contributed by atoms with Gasteiger partial charge in [-0.2, -0.15) is 0 Å². The van der Waals surface area contributed by atoms with Gasteiger partial charge in [0.05, 0.1) is 0 Å². The zero-order valence-corrected chi connectivity index (χ0v) is 14.3. The molecule has 0 fully saturated rings. The monoisotopic (exact) mass is 367 g/mol. The lowest BCUT2D eigenvalue weighted by Crippen LogP contribution is -2.32. The lowest BCUT2D eigenvalue weighted by atomic mass is 10.1. The second-order valence-corrected chi connectivity index (χ2v) is 6.26. The van der Waals surface area contributed by atoms with Gasteiger partial charge in [-0.15, -0.1) is 0 Å². The number of nitrogens with two attached hydrogens (primary N) is 1. The van der Waals surface area contributed by atoms with Crippen molar-refractivity contribution in [3.8, 4) is 0 Å². The molecule has 0 aliphatic carbocycles.